The van der Waals surface area contributed by atoms with Gasteiger partial charge < -0.3 is 9.55 Å². The number of rotatable bonds is 2. The minimum Gasteiger partial charge on any atom is -0.331 e. The van der Waals surface area contributed by atoms with Gasteiger partial charge >= 0.3 is 0 Å². The van der Waals surface area contributed by atoms with Crippen LogP contribution in [0.25, 0.3) is 11.0 Å². The Morgan fingerprint density at radius 1 is 1.56 bits per heavy atom. The molecule has 0 saturated carbocycles. The van der Waals surface area contributed by atoms with Gasteiger partial charge in [-0.05, 0) is 59.5 Å². The van der Waals surface area contributed by atoms with E-state index in [0.717, 1.165) is 17.6 Å². The number of nitrogens with zero attached hydrogens (tertiary/aromatic N) is 1. The van der Waals surface area contributed by atoms with Gasteiger partial charge in [-0.15, -0.1) is 0 Å². The summed E-state index contributed by atoms with van der Waals surface area (Å²) in [6, 6.07) is 3.41. The van der Waals surface area contributed by atoms with Crippen molar-refractivity contribution >= 4 is 57.6 Å². The third kappa shape index (κ3) is 2.34. The van der Waals surface area contributed by atoms with E-state index in [4.69, 9.17) is 12.2 Å². The first-order valence-corrected chi connectivity index (χ1v) is 8.38. The lowest BCUT2D eigenvalue weighted by Gasteiger charge is -2.10. The van der Waals surface area contributed by atoms with E-state index in [2.05, 4.69) is 4.98 Å². The average Bonchev–Trinajstić information content (AvgIpc) is 2.92. The Kier molecular flexibility index (Phi) is 3.68. The molecule has 0 amide bonds. The molecule has 2 nitrogen and oxygen atoms in total. The van der Waals surface area contributed by atoms with Crippen molar-refractivity contribution in [1.29, 1.82) is 0 Å². The summed E-state index contributed by atoms with van der Waals surface area (Å²) in [5.74, 6) is 1.05. The monoisotopic (exact) mass is 394 g/mol. The standard InChI is InChI=1S/C12H12FIN2S2/c13-8-4-11-10(5-9(8)14)15-12(17)16(11)6-7-2-1-3-18-7/h4-5,7H,1-3,6H2,(H,15,17). The third-order valence-electron chi connectivity index (χ3n) is 3.23. The van der Waals surface area contributed by atoms with Crippen molar-refractivity contribution in [1.82, 2.24) is 9.55 Å². The predicted octanol–water partition coefficient (Wildman–Crippen LogP) is 4.34. The summed E-state index contributed by atoms with van der Waals surface area (Å²) in [6.45, 7) is 0.879. The molecule has 0 bridgehead atoms. The van der Waals surface area contributed by atoms with Crippen LogP contribution in [0.5, 0.6) is 0 Å². The molecule has 1 fully saturated rings. The molecule has 2 heterocycles. The van der Waals surface area contributed by atoms with Crippen molar-refractivity contribution in [3.05, 3.63) is 26.3 Å². The number of benzene rings is 1. The SMILES string of the molecule is Fc1cc2c(cc1I)[nH]c(=S)n2CC1CCCS1. The number of fused-ring (bicyclic) bond motifs is 1. The number of aromatic amines is 1. The number of hydrogen-bond acceptors (Lipinski definition) is 2. The Hall–Kier alpha value is -0.0800. The minimum atomic E-state index is -0.176. The van der Waals surface area contributed by atoms with Gasteiger partial charge in [0.25, 0.3) is 0 Å². The van der Waals surface area contributed by atoms with E-state index in [1.165, 1.54) is 18.6 Å². The fourth-order valence-corrected chi connectivity index (χ4v) is 4.33. The zero-order valence-corrected chi connectivity index (χ0v) is 13.4. The summed E-state index contributed by atoms with van der Waals surface area (Å²) >= 11 is 9.34. The molecule has 2 aromatic rings. The number of hydrogen-bond donors (Lipinski definition) is 1. The van der Waals surface area contributed by atoms with Crippen molar-refractivity contribution in [2.24, 2.45) is 0 Å². The highest BCUT2D eigenvalue weighted by atomic mass is 127. The number of aromatic nitrogens is 2. The second-order valence-corrected chi connectivity index (χ2v) is 7.42. The van der Waals surface area contributed by atoms with Crippen molar-refractivity contribution in [3.8, 4) is 0 Å². The Labute approximate surface area is 127 Å². The molecular weight excluding hydrogens is 382 g/mol. The van der Waals surface area contributed by atoms with Gasteiger partial charge in [0.05, 0.1) is 14.6 Å². The Morgan fingerprint density at radius 2 is 2.39 bits per heavy atom. The van der Waals surface area contributed by atoms with Crippen LogP contribution >= 0.6 is 46.6 Å². The smallest absolute Gasteiger partial charge is 0.178 e. The van der Waals surface area contributed by atoms with Crippen LogP contribution in [0.4, 0.5) is 4.39 Å². The van der Waals surface area contributed by atoms with Crippen LogP contribution in [0, 0.1) is 14.2 Å². The molecule has 1 unspecified atom stereocenters. The number of nitrogens with one attached hydrogen (secondary N) is 1. The quantitative estimate of drug-likeness (QED) is 0.605. The highest BCUT2D eigenvalue weighted by molar-refractivity contribution is 14.1. The summed E-state index contributed by atoms with van der Waals surface area (Å²) < 4.78 is 17.0. The van der Waals surface area contributed by atoms with E-state index in [-0.39, 0.29) is 5.82 Å². The topological polar surface area (TPSA) is 20.7 Å². The molecule has 1 atom stereocenters. The van der Waals surface area contributed by atoms with Crippen LogP contribution in [0.2, 0.25) is 0 Å². The lowest BCUT2D eigenvalue weighted by atomic mass is 10.2. The Balaban J connectivity index is 2.07. The summed E-state index contributed by atoms with van der Waals surface area (Å²) in [5.41, 5.74) is 1.80. The minimum absolute atomic E-state index is 0.176. The second-order valence-electron chi connectivity index (χ2n) is 4.46. The fourth-order valence-electron chi connectivity index (χ4n) is 2.33. The summed E-state index contributed by atoms with van der Waals surface area (Å²) in [4.78, 5) is 3.17. The molecular formula is C12H12FIN2S2. The zero-order valence-electron chi connectivity index (χ0n) is 9.58. The van der Waals surface area contributed by atoms with E-state index in [1.54, 1.807) is 6.07 Å². The van der Waals surface area contributed by atoms with Crippen molar-refractivity contribution in [2.75, 3.05) is 5.75 Å². The van der Waals surface area contributed by atoms with E-state index in [9.17, 15) is 4.39 Å². The third-order valence-corrected chi connectivity index (χ3v) is 5.76. The molecule has 6 heteroatoms. The average molecular weight is 394 g/mol. The number of thioether (sulfide) groups is 1. The van der Waals surface area contributed by atoms with Crippen LogP contribution in [0.3, 0.4) is 0 Å². The number of imidazole rings is 1. The van der Waals surface area contributed by atoms with Gasteiger partial charge in [0, 0.05) is 17.9 Å². The molecule has 0 aliphatic carbocycles. The van der Waals surface area contributed by atoms with Gasteiger partial charge in [-0.25, -0.2) is 4.39 Å². The first-order chi connectivity index (χ1) is 8.65. The van der Waals surface area contributed by atoms with Crippen LogP contribution in [-0.2, 0) is 6.54 Å². The lowest BCUT2D eigenvalue weighted by molar-refractivity contribution is 0.617. The molecule has 1 aliphatic rings. The first kappa shape index (κ1) is 12.9. The van der Waals surface area contributed by atoms with Crippen LogP contribution in [-0.4, -0.2) is 20.6 Å². The first-order valence-electron chi connectivity index (χ1n) is 5.84. The summed E-state index contributed by atoms with van der Waals surface area (Å²) in [5, 5.41) is 0.609. The summed E-state index contributed by atoms with van der Waals surface area (Å²) in [7, 11) is 0. The van der Waals surface area contributed by atoms with Gasteiger partial charge in [0.15, 0.2) is 4.77 Å². The predicted molar refractivity (Wildman–Crippen MR) is 85.3 cm³/mol. The van der Waals surface area contributed by atoms with Crippen LogP contribution < -0.4 is 0 Å². The number of H-pyrrole nitrogens is 1. The highest BCUT2D eigenvalue weighted by Crippen LogP contribution is 2.29. The molecule has 0 spiro atoms. The van der Waals surface area contributed by atoms with Crippen molar-refractivity contribution in [2.45, 2.75) is 24.6 Å². The molecule has 0 radical (unpaired) electrons. The maximum absolute atomic E-state index is 13.7. The van der Waals surface area contributed by atoms with E-state index < -0.39 is 0 Å². The Bertz CT molecular complexity index is 643. The van der Waals surface area contributed by atoms with Gasteiger partial charge in [-0.2, -0.15) is 11.8 Å². The molecule has 1 saturated heterocycles. The fraction of sp³-hybridized carbons (Fsp3) is 0.417. The molecule has 1 aromatic carbocycles. The largest absolute Gasteiger partial charge is 0.331 e. The van der Waals surface area contributed by atoms with E-state index in [0.29, 0.717) is 13.6 Å². The van der Waals surface area contributed by atoms with Gasteiger partial charge in [0.2, 0.25) is 0 Å². The van der Waals surface area contributed by atoms with E-state index >= 15 is 0 Å². The van der Waals surface area contributed by atoms with Gasteiger partial charge in [0.1, 0.15) is 5.82 Å². The molecule has 3 rings (SSSR count). The summed E-state index contributed by atoms with van der Waals surface area (Å²) in [6.07, 6.45) is 2.50. The number of halogens is 2. The molecule has 1 aliphatic heterocycles. The molecule has 96 valence electrons. The lowest BCUT2D eigenvalue weighted by Crippen LogP contribution is -2.09. The zero-order chi connectivity index (χ0) is 12.7. The Morgan fingerprint density at radius 3 is 3.11 bits per heavy atom. The maximum Gasteiger partial charge on any atom is 0.178 e. The highest BCUT2D eigenvalue weighted by Gasteiger charge is 2.18. The van der Waals surface area contributed by atoms with E-state index in [1.807, 2.05) is 45.0 Å². The second kappa shape index (κ2) is 5.13. The van der Waals surface area contributed by atoms with Crippen molar-refractivity contribution in [3.63, 3.8) is 0 Å². The van der Waals surface area contributed by atoms with Gasteiger partial charge in [-0.3, -0.25) is 0 Å². The molecule has 18 heavy (non-hydrogen) atoms. The molecule has 1 N–H and O–H groups in total. The van der Waals surface area contributed by atoms with Crippen LogP contribution in [0.15, 0.2) is 12.1 Å². The normalized spacial score (nSPS) is 19.8. The maximum atomic E-state index is 13.7. The molecule has 1 aromatic heterocycles. The van der Waals surface area contributed by atoms with Crippen molar-refractivity contribution < 1.29 is 4.39 Å². The van der Waals surface area contributed by atoms with Gasteiger partial charge in [-0.1, -0.05) is 0 Å². The van der Waals surface area contributed by atoms with Crippen LogP contribution in [0.1, 0.15) is 12.8 Å².